The molecular formula is C25H33ClN2O6S. The van der Waals surface area contributed by atoms with E-state index >= 15 is 0 Å². The minimum atomic E-state index is -1.17. The first-order chi connectivity index (χ1) is 16.4. The molecule has 10 heteroatoms. The van der Waals surface area contributed by atoms with Crippen LogP contribution in [0.1, 0.15) is 35.8 Å². The predicted octanol–water partition coefficient (Wildman–Crippen LogP) is 1.46. The fourth-order valence-electron chi connectivity index (χ4n) is 4.08. The Bertz CT molecular complexity index is 1060. The van der Waals surface area contributed by atoms with Crippen LogP contribution in [0.2, 0.25) is 5.02 Å². The third-order valence-electron chi connectivity index (χ3n) is 6.18. The molecule has 0 aliphatic carbocycles. The van der Waals surface area contributed by atoms with Gasteiger partial charge in [0.15, 0.2) is 6.61 Å². The van der Waals surface area contributed by atoms with Gasteiger partial charge in [-0.2, -0.15) is 0 Å². The van der Waals surface area contributed by atoms with E-state index in [1.807, 2.05) is 30.5 Å². The van der Waals surface area contributed by atoms with Gasteiger partial charge >= 0.3 is 0 Å². The number of nitrogens with one attached hydrogen (secondary N) is 1. The van der Waals surface area contributed by atoms with E-state index in [9.17, 15) is 24.9 Å². The number of thiol groups is 1. The Morgan fingerprint density at radius 2 is 1.80 bits per heavy atom. The number of carbonyl (C=O) groups excluding carboxylic acids is 2. The third-order valence-corrected chi connectivity index (χ3v) is 9.06. The van der Waals surface area contributed by atoms with Crippen molar-refractivity contribution < 1.29 is 29.6 Å². The molecule has 5 atom stereocenters. The van der Waals surface area contributed by atoms with Crippen LogP contribution in [0.15, 0.2) is 42.5 Å². The number of aliphatic hydroxyl groups excluding tert-OH is 3. The normalized spacial score (nSPS) is 25.6. The maximum Gasteiger partial charge on any atom is 0.258 e. The zero-order valence-corrected chi connectivity index (χ0v) is 21.6. The van der Waals surface area contributed by atoms with Crippen LogP contribution in [-0.2, 0) is 16.0 Å². The lowest BCUT2D eigenvalue weighted by atomic mass is 9.96. The van der Waals surface area contributed by atoms with Crippen LogP contribution in [0.3, 0.4) is 0 Å². The van der Waals surface area contributed by atoms with Crippen LogP contribution in [0.4, 0.5) is 0 Å². The van der Waals surface area contributed by atoms with E-state index < -0.39 is 46.6 Å². The van der Waals surface area contributed by atoms with Gasteiger partial charge < -0.3 is 31.1 Å². The van der Waals surface area contributed by atoms with Crippen molar-refractivity contribution in [3.8, 4) is 5.75 Å². The molecule has 1 heterocycles. The first-order valence-electron chi connectivity index (χ1n) is 11.2. The zero-order chi connectivity index (χ0) is 25.9. The maximum atomic E-state index is 12.0. The van der Waals surface area contributed by atoms with Gasteiger partial charge in [0, 0.05) is 16.0 Å². The molecule has 2 aromatic carbocycles. The molecule has 0 radical (unpaired) electrons. The summed E-state index contributed by atoms with van der Waals surface area (Å²) in [5.41, 5.74) is 6.83. The number of halogens is 1. The van der Waals surface area contributed by atoms with Gasteiger partial charge in [0.2, 0.25) is 5.91 Å². The summed E-state index contributed by atoms with van der Waals surface area (Å²) in [5, 5.41) is 33.6. The van der Waals surface area contributed by atoms with Crippen LogP contribution in [-0.4, -0.2) is 69.6 Å². The number of benzene rings is 2. The van der Waals surface area contributed by atoms with E-state index in [4.69, 9.17) is 22.1 Å². The summed E-state index contributed by atoms with van der Waals surface area (Å²) < 4.78 is 5.50. The summed E-state index contributed by atoms with van der Waals surface area (Å²) >= 11 is 6.45. The number of amides is 2. The van der Waals surface area contributed by atoms with Gasteiger partial charge in [-0.1, -0.05) is 35.9 Å². The highest BCUT2D eigenvalue weighted by molar-refractivity contribution is 8.16. The van der Waals surface area contributed by atoms with Crippen molar-refractivity contribution in [2.24, 2.45) is 5.73 Å². The second kappa shape index (κ2) is 11.2. The van der Waals surface area contributed by atoms with Crippen molar-refractivity contribution in [1.82, 2.24) is 5.32 Å². The molecule has 0 saturated carbocycles. The van der Waals surface area contributed by atoms with Crippen molar-refractivity contribution >= 4 is 34.3 Å². The molecule has 6 N–H and O–H groups in total. The Morgan fingerprint density at radius 1 is 1.14 bits per heavy atom. The Balaban J connectivity index is 1.66. The lowest BCUT2D eigenvalue weighted by Crippen LogP contribution is -2.54. The summed E-state index contributed by atoms with van der Waals surface area (Å²) in [6.45, 7) is 2.78. The number of carbonyl (C=O) groups is 2. The number of hydrogen-bond donors (Lipinski definition) is 6. The predicted molar refractivity (Wildman–Crippen MR) is 138 cm³/mol. The van der Waals surface area contributed by atoms with E-state index in [-0.39, 0.29) is 11.9 Å². The highest BCUT2D eigenvalue weighted by Crippen LogP contribution is 2.48. The van der Waals surface area contributed by atoms with Crippen LogP contribution < -0.4 is 15.8 Å². The van der Waals surface area contributed by atoms with Gasteiger partial charge in [-0.3, -0.25) is 9.59 Å². The number of aliphatic hydroxyl groups is 3. The molecule has 35 heavy (non-hydrogen) atoms. The van der Waals surface area contributed by atoms with Crippen LogP contribution >= 0.6 is 22.5 Å². The summed E-state index contributed by atoms with van der Waals surface area (Å²) in [4.78, 5) is 23.4. The molecule has 192 valence electrons. The fourth-order valence-corrected chi connectivity index (χ4v) is 6.66. The molecule has 0 spiro atoms. The molecule has 1 aliphatic rings. The summed E-state index contributed by atoms with van der Waals surface area (Å²) in [5.74, 6) is -0.134. The number of rotatable bonds is 8. The summed E-state index contributed by atoms with van der Waals surface area (Å²) in [7, 11) is -0.723. The van der Waals surface area contributed by atoms with E-state index in [0.717, 1.165) is 16.7 Å². The van der Waals surface area contributed by atoms with Crippen molar-refractivity contribution in [2.45, 2.75) is 49.4 Å². The smallest absolute Gasteiger partial charge is 0.258 e. The minimum Gasteiger partial charge on any atom is -0.484 e. The number of hydrogen-bond acceptors (Lipinski definition) is 6. The molecule has 1 saturated heterocycles. The van der Waals surface area contributed by atoms with E-state index in [2.05, 4.69) is 5.32 Å². The molecule has 0 aromatic heterocycles. The maximum absolute atomic E-state index is 12.0. The lowest BCUT2D eigenvalue weighted by Gasteiger charge is -2.42. The first-order valence-corrected chi connectivity index (χ1v) is 13.7. The van der Waals surface area contributed by atoms with Gasteiger partial charge in [-0.05, 0) is 61.4 Å². The molecule has 3 rings (SSSR count). The topological polar surface area (TPSA) is 142 Å². The average molecular weight is 525 g/mol. The first kappa shape index (κ1) is 27.3. The fraction of sp³-hybridized carbons (Fsp3) is 0.440. The van der Waals surface area contributed by atoms with Gasteiger partial charge in [-0.15, -0.1) is 0 Å². The standard InChI is InChI=1S/C25H33ClN2O6S/c1-25(2,24(27)33)28-20(30)12-34-17-7-4-14(5-8-17)10-16-11-15(6-9-18(16)26)23-22(32)21(31)19(29)13-35(23)3/h4-9,11,19,21-23,29,31-32,35H,10,12-13H2,1-3H3,(H2,27,33)(H,28,30)/t19-,21-,22-,23+/m1/s1. The quantitative estimate of drug-likeness (QED) is 0.289. The van der Waals surface area contributed by atoms with Crippen LogP contribution in [0.25, 0.3) is 0 Å². The van der Waals surface area contributed by atoms with Crippen LogP contribution in [0.5, 0.6) is 5.75 Å². The summed E-state index contributed by atoms with van der Waals surface area (Å²) in [6.07, 6.45) is -0.568. The Hall–Kier alpha value is -2.30. The van der Waals surface area contributed by atoms with Gasteiger partial charge in [0.1, 0.15) is 17.4 Å². The second-order valence-corrected chi connectivity index (χ2v) is 12.3. The SMILES string of the molecule is C[SH]1C[C@@H](O)[C@@H](O)[C@@H](O)[C@@H]1c1ccc(Cl)c(Cc2ccc(OCC(=O)NC(C)(C)C(N)=O)cc2)c1. The largest absolute Gasteiger partial charge is 0.484 e. The van der Waals surface area contributed by atoms with Crippen molar-refractivity contribution in [1.29, 1.82) is 0 Å². The van der Waals surface area contributed by atoms with E-state index in [1.165, 1.54) is 13.8 Å². The van der Waals surface area contributed by atoms with Gasteiger partial charge in [0.05, 0.1) is 12.2 Å². The Morgan fingerprint density at radius 3 is 2.43 bits per heavy atom. The molecule has 1 unspecified atom stereocenters. The number of ether oxygens (including phenoxy) is 1. The summed E-state index contributed by atoms with van der Waals surface area (Å²) in [6, 6.07) is 12.8. The van der Waals surface area contributed by atoms with Crippen molar-refractivity contribution in [3.63, 3.8) is 0 Å². The minimum absolute atomic E-state index is 0.249. The molecule has 8 nitrogen and oxygen atoms in total. The van der Waals surface area contributed by atoms with Crippen molar-refractivity contribution in [3.05, 3.63) is 64.2 Å². The van der Waals surface area contributed by atoms with Gasteiger partial charge in [0.25, 0.3) is 5.91 Å². The second-order valence-electron chi connectivity index (χ2n) is 9.43. The zero-order valence-electron chi connectivity index (χ0n) is 19.9. The average Bonchev–Trinajstić information content (AvgIpc) is 2.79. The van der Waals surface area contributed by atoms with E-state index in [0.29, 0.717) is 22.9 Å². The molecule has 1 aliphatic heterocycles. The monoisotopic (exact) mass is 524 g/mol. The number of primary amides is 1. The molecule has 2 aromatic rings. The molecule has 0 bridgehead atoms. The van der Waals surface area contributed by atoms with Crippen molar-refractivity contribution in [2.75, 3.05) is 18.6 Å². The molecule has 2 amide bonds. The molecular weight excluding hydrogens is 492 g/mol. The van der Waals surface area contributed by atoms with E-state index in [1.54, 1.807) is 18.2 Å². The highest BCUT2D eigenvalue weighted by atomic mass is 35.5. The Kier molecular flexibility index (Phi) is 8.72. The lowest BCUT2D eigenvalue weighted by molar-refractivity contribution is -0.131. The number of nitrogens with two attached hydrogens (primary N) is 1. The highest BCUT2D eigenvalue weighted by Gasteiger charge is 2.40. The Labute approximate surface area is 212 Å². The van der Waals surface area contributed by atoms with Gasteiger partial charge in [-0.25, -0.2) is 10.9 Å². The molecule has 1 fully saturated rings. The van der Waals surface area contributed by atoms with Crippen LogP contribution in [0, 0.1) is 0 Å². The third kappa shape index (κ3) is 6.68.